The number of hydrogen-bond donors (Lipinski definition) is 1. The smallest absolute Gasteiger partial charge is 0.103 e. The maximum Gasteiger partial charge on any atom is 0.103 e. The SMILES string of the molecule is CC(CCc1ccco1)NC1CCCN(C(C)C)CC1. The Labute approximate surface area is 123 Å². The van der Waals surface area contributed by atoms with Crippen molar-refractivity contribution in [3.05, 3.63) is 24.2 Å². The van der Waals surface area contributed by atoms with Crippen LogP contribution in [0.15, 0.2) is 22.8 Å². The molecule has 114 valence electrons. The van der Waals surface area contributed by atoms with E-state index in [1.54, 1.807) is 6.26 Å². The zero-order chi connectivity index (χ0) is 14.4. The summed E-state index contributed by atoms with van der Waals surface area (Å²) in [4.78, 5) is 2.61. The molecule has 20 heavy (non-hydrogen) atoms. The molecule has 2 rings (SSSR count). The molecule has 3 nitrogen and oxygen atoms in total. The molecule has 0 aromatic carbocycles. The van der Waals surface area contributed by atoms with Crippen LogP contribution in [0.3, 0.4) is 0 Å². The van der Waals surface area contributed by atoms with E-state index in [0.717, 1.165) is 18.6 Å². The second-order valence-corrected chi connectivity index (χ2v) is 6.44. The third kappa shape index (κ3) is 4.95. The van der Waals surface area contributed by atoms with Crippen LogP contribution in [0, 0.1) is 0 Å². The van der Waals surface area contributed by atoms with Gasteiger partial charge in [0.05, 0.1) is 6.26 Å². The highest BCUT2D eigenvalue weighted by Crippen LogP contribution is 2.15. The maximum absolute atomic E-state index is 5.40. The Balaban J connectivity index is 1.69. The van der Waals surface area contributed by atoms with Gasteiger partial charge in [0.15, 0.2) is 0 Å². The third-order valence-corrected chi connectivity index (χ3v) is 4.42. The van der Waals surface area contributed by atoms with Crippen LogP contribution in [0.5, 0.6) is 0 Å². The van der Waals surface area contributed by atoms with Gasteiger partial charge >= 0.3 is 0 Å². The van der Waals surface area contributed by atoms with Crippen LogP contribution in [0.25, 0.3) is 0 Å². The Morgan fingerprint density at radius 3 is 2.85 bits per heavy atom. The minimum Gasteiger partial charge on any atom is -0.469 e. The van der Waals surface area contributed by atoms with Crippen LogP contribution >= 0.6 is 0 Å². The van der Waals surface area contributed by atoms with Crippen LogP contribution in [0.4, 0.5) is 0 Å². The predicted octanol–water partition coefficient (Wildman–Crippen LogP) is 3.45. The van der Waals surface area contributed by atoms with E-state index in [9.17, 15) is 0 Å². The molecule has 0 spiro atoms. The van der Waals surface area contributed by atoms with E-state index in [-0.39, 0.29) is 0 Å². The van der Waals surface area contributed by atoms with Crippen molar-refractivity contribution in [2.45, 2.75) is 71.0 Å². The van der Waals surface area contributed by atoms with Crippen molar-refractivity contribution in [2.24, 2.45) is 0 Å². The molecule has 3 heteroatoms. The van der Waals surface area contributed by atoms with Crippen LogP contribution in [0.2, 0.25) is 0 Å². The van der Waals surface area contributed by atoms with Crippen molar-refractivity contribution in [1.82, 2.24) is 10.2 Å². The topological polar surface area (TPSA) is 28.4 Å². The van der Waals surface area contributed by atoms with Crippen molar-refractivity contribution < 1.29 is 4.42 Å². The van der Waals surface area contributed by atoms with Crippen molar-refractivity contribution in [3.63, 3.8) is 0 Å². The van der Waals surface area contributed by atoms with E-state index < -0.39 is 0 Å². The molecule has 1 aliphatic heterocycles. The molecule has 2 heterocycles. The number of rotatable bonds is 6. The minimum absolute atomic E-state index is 0.565. The maximum atomic E-state index is 5.40. The molecular weight excluding hydrogens is 248 g/mol. The Hall–Kier alpha value is -0.800. The van der Waals surface area contributed by atoms with Gasteiger partial charge in [-0.05, 0) is 71.7 Å². The first-order valence-corrected chi connectivity index (χ1v) is 8.17. The Kier molecular flexibility index (Phi) is 6.11. The number of aryl methyl sites for hydroxylation is 1. The lowest BCUT2D eigenvalue weighted by atomic mass is 10.1. The fraction of sp³-hybridized carbons (Fsp3) is 0.765. The van der Waals surface area contributed by atoms with Crippen LogP contribution < -0.4 is 5.32 Å². The Morgan fingerprint density at radius 1 is 1.30 bits per heavy atom. The van der Waals surface area contributed by atoms with Gasteiger partial charge in [-0.25, -0.2) is 0 Å². The van der Waals surface area contributed by atoms with Gasteiger partial charge in [-0.3, -0.25) is 0 Å². The Bertz CT molecular complexity index is 361. The molecule has 1 saturated heterocycles. The number of nitrogens with one attached hydrogen (secondary N) is 1. The summed E-state index contributed by atoms with van der Waals surface area (Å²) in [6, 6.07) is 5.98. The number of nitrogens with zero attached hydrogens (tertiary/aromatic N) is 1. The molecule has 1 aromatic heterocycles. The molecule has 2 unspecified atom stereocenters. The first-order chi connectivity index (χ1) is 9.65. The fourth-order valence-corrected chi connectivity index (χ4v) is 3.10. The first-order valence-electron chi connectivity index (χ1n) is 8.17. The van der Waals surface area contributed by atoms with Gasteiger partial charge in [0.1, 0.15) is 5.76 Å². The monoisotopic (exact) mass is 278 g/mol. The van der Waals surface area contributed by atoms with Gasteiger partial charge in [0.25, 0.3) is 0 Å². The van der Waals surface area contributed by atoms with Crippen molar-refractivity contribution in [1.29, 1.82) is 0 Å². The summed E-state index contributed by atoms with van der Waals surface area (Å²) >= 11 is 0. The van der Waals surface area contributed by atoms with Crippen molar-refractivity contribution in [2.75, 3.05) is 13.1 Å². The second-order valence-electron chi connectivity index (χ2n) is 6.44. The highest BCUT2D eigenvalue weighted by Gasteiger charge is 2.19. The van der Waals surface area contributed by atoms with Gasteiger partial charge in [0.2, 0.25) is 0 Å². The molecule has 2 atom stereocenters. The molecule has 1 fully saturated rings. The van der Waals surface area contributed by atoms with Crippen LogP contribution in [0.1, 0.15) is 52.2 Å². The molecule has 0 radical (unpaired) electrons. The summed E-state index contributed by atoms with van der Waals surface area (Å²) in [5.41, 5.74) is 0. The summed E-state index contributed by atoms with van der Waals surface area (Å²) in [6.07, 6.45) is 7.86. The molecule has 0 amide bonds. The molecule has 1 aliphatic rings. The summed E-state index contributed by atoms with van der Waals surface area (Å²) in [5, 5.41) is 3.81. The minimum atomic E-state index is 0.565. The summed E-state index contributed by atoms with van der Waals surface area (Å²) in [5.74, 6) is 1.10. The molecular formula is C17H30N2O. The molecule has 1 aromatic rings. The average molecular weight is 278 g/mol. The molecule has 0 bridgehead atoms. The van der Waals surface area contributed by atoms with Gasteiger partial charge in [0, 0.05) is 24.5 Å². The van der Waals surface area contributed by atoms with E-state index in [0.29, 0.717) is 18.1 Å². The number of likely N-dealkylation sites (tertiary alicyclic amines) is 1. The van der Waals surface area contributed by atoms with Crippen molar-refractivity contribution in [3.8, 4) is 0 Å². The zero-order valence-corrected chi connectivity index (χ0v) is 13.3. The zero-order valence-electron chi connectivity index (χ0n) is 13.3. The van der Waals surface area contributed by atoms with Crippen molar-refractivity contribution >= 4 is 0 Å². The Morgan fingerprint density at radius 2 is 2.15 bits per heavy atom. The van der Waals surface area contributed by atoms with E-state index in [1.165, 1.54) is 32.4 Å². The van der Waals surface area contributed by atoms with E-state index in [1.807, 2.05) is 6.07 Å². The number of hydrogen-bond acceptors (Lipinski definition) is 3. The molecule has 1 N–H and O–H groups in total. The van der Waals surface area contributed by atoms with Gasteiger partial charge < -0.3 is 14.6 Å². The lowest BCUT2D eigenvalue weighted by Crippen LogP contribution is -2.38. The second kappa shape index (κ2) is 7.84. The van der Waals surface area contributed by atoms with Crippen LogP contribution in [-0.4, -0.2) is 36.1 Å². The molecule has 0 saturated carbocycles. The lowest BCUT2D eigenvalue weighted by molar-refractivity contribution is 0.228. The average Bonchev–Trinajstić information content (AvgIpc) is 2.82. The van der Waals surface area contributed by atoms with E-state index in [4.69, 9.17) is 4.42 Å². The number of furan rings is 1. The van der Waals surface area contributed by atoms with Gasteiger partial charge in [-0.1, -0.05) is 0 Å². The first kappa shape index (κ1) is 15.6. The summed E-state index contributed by atoms with van der Waals surface area (Å²) in [6.45, 7) is 9.41. The lowest BCUT2D eigenvalue weighted by Gasteiger charge is -2.25. The third-order valence-electron chi connectivity index (χ3n) is 4.42. The molecule has 0 aliphatic carbocycles. The van der Waals surface area contributed by atoms with E-state index >= 15 is 0 Å². The predicted molar refractivity (Wildman–Crippen MR) is 84.0 cm³/mol. The fourth-order valence-electron chi connectivity index (χ4n) is 3.10. The van der Waals surface area contributed by atoms with Crippen LogP contribution in [-0.2, 0) is 6.42 Å². The standard InChI is InChI=1S/C17H30N2O/c1-14(2)19-11-4-6-16(10-12-19)18-15(3)8-9-17-7-5-13-20-17/h5,7,13-16,18H,4,6,8-12H2,1-3H3. The highest BCUT2D eigenvalue weighted by atomic mass is 16.3. The quantitative estimate of drug-likeness (QED) is 0.864. The van der Waals surface area contributed by atoms with Gasteiger partial charge in [-0.15, -0.1) is 0 Å². The van der Waals surface area contributed by atoms with E-state index in [2.05, 4.69) is 37.1 Å². The van der Waals surface area contributed by atoms with Gasteiger partial charge in [-0.2, -0.15) is 0 Å². The largest absolute Gasteiger partial charge is 0.469 e. The summed E-state index contributed by atoms with van der Waals surface area (Å²) in [7, 11) is 0. The normalized spacial score (nSPS) is 22.9. The summed E-state index contributed by atoms with van der Waals surface area (Å²) < 4.78 is 5.40. The highest BCUT2D eigenvalue weighted by molar-refractivity contribution is 4.98.